The first-order valence-corrected chi connectivity index (χ1v) is 11.6. The van der Waals surface area contributed by atoms with Crippen LogP contribution < -0.4 is 25.8 Å². The van der Waals surface area contributed by atoms with E-state index in [2.05, 4.69) is 24.5 Å². The number of thiophene rings is 1. The van der Waals surface area contributed by atoms with Crippen molar-refractivity contribution >= 4 is 28.2 Å². The minimum absolute atomic E-state index is 0.0353. The fourth-order valence-corrected chi connectivity index (χ4v) is 5.55. The van der Waals surface area contributed by atoms with Crippen LogP contribution >= 0.6 is 11.3 Å². The van der Waals surface area contributed by atoms with Crippen molar-refractivity contribution in [2.24, 2.45) is 11.7 Å². The van der Waals surface area contributed by atoms with Gasteiger partial charge < -0.3 is 25.8 Å². The van der Waals surface area contributed by atoms with Gasteiger partial charge in [-0.3, -0.25) is 9.59 Å². The molecule has 1 aromatic heterocycles. The van der Waals surface area contributed by atoms with Crippen molar-refractivity contribution in [1.82, 2.24) is 5.32 Å². The Morgan fingerprint density at radius 3 is 2.65 bits per heavy atom. The van der Waals surface area contributed by atoms with Crippen LogP contribution in [0.5, 0.6) is 11.5 Å². The van der Waals surface area contributed by atoms with Gasteiger partial charge >= 0.3 is 0 Å². The van der Waals surface area contributed by atoms with Crippen LogP contribution in [0.3, 0.4) is 0 Å². The van der Waals surface area contributed by atoms with Gasteiger partial charge in [-0.05, 0) is 48.4 Å². The number of anilines is 1. The lowest BCUT2D eigenvalue weighted by Crippen LogP contribution is -2.34. The number of hydrogen-bond acceptors (Lipinski definition) is 6. The molecule has 166 valence electrons. The van der Waals surface area contributed by atoms with Gasteiger partial charge in [0.2, 0.25) is 5.91 Å². The van der Waals surface area contributed by atoms with Crippen LogP contribution in [0.25, 0.3) is 0 Å². The highest BCUT2D eigenvalue weighted by Crippen LogP contribution is 2.39. The molecule has 0 radical (unpaired) electrons. The van der Waals surface area contributed by atoms with Crippen LogP contribution in [0, 0.1) is 5.92 Å². The summed E-state index contributed by atoms with van der Waals surface area (Å²) >= 11 is 1.47. The Kier molecular flexibility index (Phi) is 6.48. The van der Waals surface area contributed by atoms with Crippen molar-refractivity contribution < 1.29 is 19.1 Å². The summed E-state index contributed by atoms with van der Waals surface area (Å²) in [4.78, 5) is 25.8. The second-order valence-electron chi connectivity index (χ2n) is 8.33. The zero-order valence-corrected chi connectivity index (χ0v) is 18.8. The number of rotatable bonds is 7. The normalized spacial score (nSPS) is 16.0. The van der Waals surface area contributed by atoms with E-state index in [9.17, 15) is 9.59 Å². The van der Waals surface area contributed by atoms with Crippen molar-refractivity contribution in [3.63, 3.8) is 0 Å². The van der Waals surface area contributed by atoms with Crippen LogP contribution in [0.1, 0.15) is 59.1 Å². The van der Waals surface area contributed by atoms with E-state index in [1.165, 1.54) is 11.3 Å². The second kappa shape index (κ2) is 9.28. The Balaban J connectivity index is 1.44. The summed E-state index contributed by atoms with van der Waals surface area (Å²) in [6.45, 7) is 5.61. The smallest absolute Gasteiger partial charge is 0.251 e. The molecular formula is C23H29N3O4S. The molecule has 1 atom stereocenters. The highest BCUT2D eigenvalue weighted by molar-refractivity contribution is 7.17. The zero-order chi connectivity index (χ0) is 22.0. The number of carbonyl (C=O) groups is 2. The maximum Gasteiger partial charge on any atom is 0.251 e. The Morgan fingerprint density at radius 1 is 1.13 bits per heavy atom. The number of hydrogen-bond donors (Lipinski definition) is 3. The zero-order valence-electron chi connectivity index (χ0n) is 18.0. The molecule has 1 aliphatic heterocycles. The highest BCUT2D eigenvalue weighted by Gasteiger charge is 2.26. The summed E-state index contributed by atoms with van der Waals surface area (Å²) in [5.74, 6) is 1.08. The molecule has 0 fully saturated rings. The van der Waals surface area contributed by atoms with Gasteiger partial charge in [-0.2, -0.15) is 0 Å². The van der Waals surface area contributed by atoms with Gasteiger partial charge in [-0.1, -0.05) is 19.9 Å². The van der Waals surface area contributed by atoms with E-state index in [-0.39, 0.29) is 24.4 Å². The van der Waals surface area contributed by atoms with E-state index in [0.717, 1.165) is 53.2 Å². The molecule has 0 bridgehead atoms. The minimum atomic E-state index is -0.477. The average molecular weight is 444 g/mol. The van der Waals surface area contributed by atoms with Gasteiger partial charge in [0.15, 0.2) is 11.5 Å². The lowest BCUT2D eigenvalue weighted by atomic mass is 9.95. The summed E-state index contributed by atoms with van der Waals surface area (Å²) < 4.78 is 11.5. The van der Waals surface area contributed by atoms with Crippen LogP contribution in [0.15, 0.2) is 18.2 Å². The molecule has 0 unspecified atom stereocenters. The molecule has 2 aromatic rings. The molecule has 1 aromatic carbocycles. The molecule has 0 spiro atoms. The number of benzene rings is 1. The van der Waals surface area contributed by atoms with E-state index in [1.807, 2.05) is 18.2 Å². The SMILES string of the molecule is CC(C)[C@H](NCC(=O)Nc1sc2c(c1C(N)=O)CCC2)c1ccc2c(c1)OCCCO2. The van der Waals surface area contributed by atoms with Crippen molar-refractivity contribution in [3.05, 3.63) is 39.8 Å². The summed E-state index contributed by atoms with van der Waals surface area (Å²) in [6, 6.07) is 5.90. The monoisotopic (exact) mass is 443 g/mol. The molecule has 1 aliphatic carbocycles. The number of carbonyl (C=O) groups excluding carboxylic acids is 2. The molecule has 8 heteroatoms. The van der Waals surface area contributed by atoms with E-state index in [1.54, 1.807) is 0 Å². The van der Waals surface area contributed by atoms with Crippen LogP contribution in [0.2, 0.25) is 0 Å². The van der Waals surface area contributed by atoms with Crippen molar-refractivity contribution in [2.45, 2.75) is 45.6 Å². The predicted molar refractivity (Wildman–Crippen MR) is 121 cm³/mol. The Bertz CT molecular complexity index is 985. The third-order valence-corrected chi connectivity index (χ3v) is 6.91. The number of nitrogens with one attached hydrogen (secondary N) is 2. The Morgan fingerprint density at radius 2 is 1.90 bits per heavy atom. The van der Waals surface area contributed by atoms with Gasteiger partial charge in [0, 0.05) is 17.3 Å². The molecule has 4 rings (SSSR count). The Hall–Kier alpha value is -2.58. The van der Waals surface area contributed by atoms with E-state index < -0.39 is 5.91 Å². The summed E-state index contributed by atoms with van der Waals surface area (Å²) in [6.07, 6.45) is 3.67. The first-order chi connectivity index (χ1) is 14.9. The summed E-state index contributed by atoms with van der Waals surface area (Å²) in [7, 11) is 0. The average Bonchev–Trinajstić information content (AvgIpc) is 3.20. The minimum Gasteiger partial charge on any atom is -0.490 e. The largest absolute Gasteiger partial charge is 0.490 e. The van der Waals surface area contributed by atoms with Crippen molar-refractivity contribution in [2.75, 3.05) is 25.1 Å². The van der Waals surface area contributed by atoms with Gasteiger partial charge in [-0.15, -0.1) is 11.3 Å². The fraction of sp³-hybridized carbons (Fsp3) is 0.478. The maximum absolute atomic E-state index is 12.7. The number of fused-ring (bicyclic) bond motifs is 2. The van der Waals surface area contributed by atoms with E-state index in [4.69, 9.17) is 15.2 Å². The molecule has 7 nitrogen and oxygen atoms in total. The molecule has 2 aliphatic rings. The first-order valence-electron chi connectivity index (χ1n) is 10.8. The number of aryl methyl sites for hydroxylation is 1. The lowest BCUT2D eigenvalue weighted by molar-refractivity contribution is -0.115. The molecule has 2 heterocycles. The molecule has 4 N–H and O–H groups in total. The molecular weight excluding hydrogens is 414 g/mol. The summed E-state index contributed by atoms with van der Waals surface area (Å²) in [5, 5.41) is 6.82. The predicted octanol–water partition coefficient (Wildman–Crippen LogP) is 3.42. The first kappa shape index (κ1) is 21.6. The Labute approximate surface area is 186 Å². The topological polar surface area (TPSA) is 103 Å². The number of amides is 2. The third kappa shape index (κ3) is 4.70. The number of ether oxygens (including phenoxy) is 2. The third-order valence-electron chi connectivity index (χ3n) is 5.70. The molecule has 0 saturated heterocycles. The maximum atomic E-state index is 12.7. The van der Waals surface area contributed by atoms with Gasteiger partial charge in [0.1, 0.15) is 5.00 Å². The second-order valence-corrected chi connectivity index (χ2v) is 9.44. The number of primary amides is 1. The van der Waals surface area contributed by atoms with Gasteiger partial charge in [0.25, 0.3) is 5.91 Å². The molecule has 2 amide bonds. The van der Waals surface area contributed by atoms with E-state index >= 15 is 0 Å². The number of nitrogens with two attached hydrogens (primary N) is 1. The molecule has 31 heavy (non-hydrogen) atoms. The lowest BCUT2D eigenvalue weighted by Gasteiger charge is -2.23. The van der Waals surface area contributed by atoms with E-state index in [0.29, 0.717) is 23.8 Å². The van der Waals surface area contributed by atoms with Crippen LogP contribution in [0.4, 0.5) is 5.00 Å². The van der Waals surface area contributed by atoms with Crippen molar-refractivity contribution in [1.29, 1.82) is 0 Å². The highest BCUT2D eigenvalue weighted by atomic mass is 32.1. The van der Waals surface area contributed by atoms with Crippen LogP contribution in [-0.2, 0) is 17.6 Å². The van der Waals surface area contributed by atoms with Crippen LogP contribution in [-0.4, -0.2) is 31.6 Å². The molecule has 0 saturated carbocycles. The quantitative estimate of drug-likeness (QED) is 0.608. The standard InChI is InChI=1S/C23H29N3O4S/c1-13(2)21(14-7-8-16-17(11-14)30-10-4-9-29-16)25-12-19(27)26-23-20(22(24)28)15-5-3-6-18(15)31-23/h7-8,11,13,21,25H,3-6,9-10,12H2,1-2H3,(H2,24,28)(H,26,27)/t21-/m0/s1. The van der Waals surface area contributed by atoms with Gasteiger partial charge in [-0.25, -0.2) is 0 Å². The van der Waals surface area contributed by atoms with Crippen molar-refractivity contribution in [3.8, 4) is 11.5 Å². The summed E-state index contributed by atoms with van der Waals surface area (Å²) in [5.41, 5.74) is 8.12. The van der Waals surface area contributed by atoms with Gasteiger partial charge in [0.05, 0.1) is 25.3 Å². The fourth-order valence-electron chi connectivity index (χ4n) is 4.24.